The first-order valence-electron chi connectivity index (χ1n) is 16.2. The fourth-order valence-electron chi connectivity index (χ4n) is 4.84. The topological polar surface area (TPSA) is 75.6 Å². The van der Waals surface area contributed by atoms with Gasteiger partial charge >= 0.3 is 11.9 Å². The minimum Gasteiger partial charge on any atom is -0.480 e. The molecule has 0 aliphatic heterocycles. The van der Waals surface area contributed by atoms with Gasteiger partial charge in [-0.2, -0.15) is 0 Å². The third kappa shape index (κ3) is 27.7. The van der Waals surface area contributed by atoms with Gasteiger partial charge in [0.15, 0.2) is 0 Å². The van der Waals surface area contributed by atoms with Crippen molar-refractivity contribution in [3.63, 3.8) is 0 Å². The highest BCUT2D eigenvalue weighted by atomic mass is 16.5. The van der Waals surface area contributed by atoms with Gasteiger partial charge in [-0.25, -0.2) is 0 Å². The van der Waals surface area contributed by atoms with Crippen LogP contribution in [0.5, 0.6) is 0 Å². The van der Waals surface area contributed by atoms with E-state index in [1.165, 1.54) is 128 Å². The van der Waals surface area contributed by atoms with E-state index < -0.39 is 18.0 Å². The fourth-order valence-corrected chi connectivity index (χ4v) is 4.84. The van der Waals surface area contributed by atoms with Crippen molar-refractivity contribution >= 4 is 11.9 Å². The lowest BCUT2D eigenvalue weighted by Crippen LogP contribution is -2.39. The Morgan fingerprint density at radius 2 is 0.919 bits per heavy atom. The van der Waals surface area contributed by atoms with Crippen molar-refractivity contribution in [3.8, 4) is 0 Å². The van der Waals surface area contributed by atoms with E-state index in [4.69, 9.17) is 4.74 Å². The second-order valence-corrected chi connectivity index (χ2v) is 11.0. The first kappa shape index (κ1) is 35.9. The first-order chi connectivity index (χ1) is 18.1. The molecule has 0 saturated heterocycles. The number of nitrogens with one attached hydrogen (secondary N) is 1. The van der Waals surface area contributed by atoms with Crippen LogP contribution in [0.1, 0.15) is 174 Å². The molecule has 0 bridgehead atoms. The van der Waals surface area contributed by atoms with Crippen LogP contribution >= 0.6 is 0 Å². The normalized spacial score (nSPS) is 12.1. The Bertz CT molecular complexity index is 497. The van der Waals surface area contributed by atoms with E-state index >= 15 is 0 Å². The molecule has 1 unspecified atom stereocenters. The molecule has 0 amide bonds. The molecule has 0 saturated carbocycles. The monoisotopic (exact) mass is 525 g/mol. The van der Waals surface area contributed by atoms with E-state index in [-0.39, 0.29) is 6.42 Å². The third-order valence-electron chi connectivity index (χ3n) is 7.35. The maximum absolute atomic E-state index is 12.1. The molecule has 0 spiro atoms. The summed E-state index contributed by atoms with van der Waals surface area (Å²) in [5.74, 6) is -1.38. The number of esters is 1. The fraction of sp³-hybridized carbons (Fsp3) is 0.938. The van der Waals surface area contributed by atoms with Gasteiger partial charge in [-0.15, -0.1) is 0 Å². The van der Waals surface area contributed by atoms with E-state index in [1.807, 2.05) is 0 Å². The van der Waals surface area contributed by atoms with Crippen molar-refractivity contribution in [1.29, 1.82) is 0 Å². The zero-order chi connectivity index (χ0) is 27.2. The number of carboxylic acids is 1. The predicted octanol–water partition coefficient (Wildman–Crippen LogP) is 9.36. The molecule has 5 heteroatoms. The molecule has 37 heavy (non-hydrogen) atoms. The molecule has 0 rings (SSSR count). The van der Waals surface area contributed by atoms with Crippen molar-refractivity contribution in [1.82, 2.24) is 5.32 Å². The van der Waals surface area contributed by atoms with Crippen LogP contribution < -0.4 is 5.32 Å². The maximum atomic E-state index is 12.1. The number of aliphatic carboxylic acids is 1. The van der Waals surface area contributed by atoms with Crippen LogP contribution in [-0.2, 0) is 14.3 Å². The lowest BCUT2D eigenvalue weighted by atomic mass is 10.0. The van der Waals surface area contributed by atoms with E-state index in [1.54, 1.807) is 0 Å². The average Bonchev–Trinajstić information content (AvgIpc) is 2.88. The Balaban J connectivity index is 3.54. The predicted molar refractivity (Wildman–Crippen MR) is 157 cm³/mol. The smallest absolute Gasteiger partial charge is 0.321 e. The van der Waals surface area contributed by atoms with Gasteiger partial charge in [-0.05, 0) is 19.4 Å². The van der Waals surface area contributed by atoms with Gasteiger partial charge < -0.3 is 15.2 Å². The summed E-state index contributed by atoms with van der Waals surface area (Å²) in [6.45, 7) is 5.55. The van der Waals surface area contributed by atoms with Gasteiger partial charge in [-0.1, -0.05) is 155 Å². The van der Waals surface area contributed by atoms with E-state index in [9.17, 15) is 14.7 Å². The third-order valence-corrected chi connectivity index (χ3v) is 7.35. The van der Waals surface area contributed by atoms with Crippen LogP contribution in [0.3, 0.4) is 0 Å². The van der Waals surface area contributed by atoms with Crippen LogP contribution in [0, 0.1) is 0 Å². The summed E-state index contributed by atoms with van der Waals surface area (Å²) < 4.78 is 5.28. The zero-order valence-electron chi connectivity index (χ0n) is 24.8. The molecule has 0 aliphatic carbocycles. The maximum Gasteiger partial charge on any atom is 0.321 e. The van der Waals surface area contributed by atoms with Crippen LogP contribution in [0.25, 0.3) is 0 Å². The van der Waals surface area contributed by atoms with Crippen molar-refractivity contribution in [3.05, 3.63) is 0 Å². The number of ether oxygens (including phenoxy) is 1. The van der Waals surface area contributed by atoms with Crippen LogP contribution in [0.2, 0.25) is 0 Å². The zero-order valence-corrected chi connectivity index (χ0v) is 24.8. The molecule has 0 fully saturated rings. The largest absolute Gasteiger partial charge is 0.480 e. The van der Waals surface area contributed by atoms with Gasteiger partial charge in [0, 0.05) is 0 Å². The molecular formula is C32H63NO4. The molecule has 0 aromatic rings. The first-order valence-corrected chi connectivity index (χ1v) is 16.2. The van der Waals surface area contributed by atoms with Gasteiger partial charge in [0.05, 0.1) is 13.0 Å². The van der Waals surface area contributed by atoms with Crippen molar-refractivity contribution in [2.45, 2.75) is 180 Å². The number of unbranched alkanes of at least 4 members (excludes halogenated alkanes) is 22. The van der Waals surface area contributed by atoms with Crippen LogP contribution in [0.4, 0.5) is 0 Å². The van der Waals surface area contributed by atoms with E-state index in [2.05, 4.69) is 19.2 Å². The number of rotatable bonds is 30. The summed E-state index contributed by atoms with van der Waals surface area (Å²) >= 11 is 0. The van der Waals surface area contributed by atoms with E-state index in [0.29, 0.717) is 13.2 Å². The molecule has 1 atom stereocenters. The highest BCUT2D eigenvalue weighted by Gasteiger charge is 2.21. The summed E-state index contributed by atoms with van der Waals surface area (Å²) in [6.07, 6.45) is 30.5. The van der Waals surface area contributed by atoms with Crippen molar-refractivity contribution in [2.24, 2.45) is 0 Å². The van der Waals surface area contributed by atoms with Gasteiger partial charge in [0.25, 0.3) is 0 Å². The van der Waals surface area contributed by atoms with Crippen molar-refractivity contribution < 1.29 is 19.4 Å². The van der Waals surface area contributed by atoms with E-state index in [0.717, 1.165) is 25.7 Å². The molecule has 220 valence electrons. The van der Waals surface area contributed by atoms with Crippen LogP contribution in [-0.4, -0.2) is 36.2 Å². The minimum atomic E-state index is -0.971. The number of carbonyl (C=O) groups excluding carboxylic acids is 1. The molecule has 2 N–H and O–H groups in total. The summed E-state index contributed by atoms with van der Waals surface area (Å²) in [6, 6.07) is -0.845. The van der Waals surface area contributed by atoms with Gasteiger partial charge in [-0.3, -0.25) is 9.59 Å². The van der Waals surface area contributed by atoms with Gasteiger partial charge in [0.1, 0.15) is 6.04 Å². The lowest BCUT2D eigenvalue weighted by Gasteiger charge is -2.14. The SMILES string of the molecule is CCCCCCCCCCCCCCCCNC(CC(=O)OCCCCCCCCCCCC)C(=O)O. The standard InChI is InChI=1S/C32H63NO4/c1-3-5-7-9-11-13-15-16-17-18-19-21-23-25-27-33-30(32(35)36)29-31(34)37-28-26-24-22-20-14-12-10-8-6-4-2/h30,33H,3-29H2,1-2H3,(H,35,36). The molecule has 0 heterocycles. The highest BCUT2D eigenvalue weighted by molar-refractivity contribution is 5.81. The number of hydrogen-bond donors (Lipinski definition) is 2. The quantitative estimate of drug-likeness (QED) is 0.0721. The second-order valence-electron chi connectivity index (χ2n) is 11.0. The Morgan fingerprint density at radius 3 is 1.30 bits per heavy atom. The average molecular weight is 526 g/mol. The Hall–Kier alpha value is -1.10. The molecule has 0 radical (unpaired) electrons. The Kier molecular flexibility index (Phi) is 28.6. The summed E-state index contributed by atoms with van der Waals surface area (Å²) in [4.78, 5) is 23.6. The number of carbonyl (C=O) groups is 2. The minimum absolute atomic E-state index is 0.0916. The number of carboxylic acid groups (broad SMARTS) is 1. The summed E-state index contributed by atoms with van der Waals surface area (Å²) in [5, 5.41) is 12.5. The van der Waals surface area contributed by atoms with Crippen molar-refractivity contribution in [2.75, 3.05) is 13.2 Å². The van der Waals surface area contributed by atoms with Gasteiger partial charge in [0.2, 0.25) is 0 Å². The molecular weight excluding hydrogens is 462 g/mol. The summed E-state index contributed by atoms with van der Waals surface area (Å²) in [5.41, 5.74) is 0. The Morgan fingerprint density at radius 1 is 0.568 bits per heavy atom. The summed E-state index contributed by atoms with van der Waals surface area (Å²) in [7, 11) is 0. The Labute approximate surface area is 230 Å². The molecule has 0 aliphatic rings. The second kappa shape index (κ2) is 29.5. The molecule has 5 nitrogen and oxygen atoms in total. The highest BCUT2D eigenvalue weighted by Crippen LogP contribution is 2.13. The molecule has 0 aromatic heterocycles. The molecule has 0 aromatic carbocycles. The number of hydrogen-bond acceptors (Lipinski definition) is 4. The lowest BCUT2D eigenvalue weighted by molar-refractivity contribution is -0.149. The van der Waals surface area contributed by atoms with Crippen LogP contribution in [0.15, 0.2) is 0 Å².